The van der Waals surface area contributed by atoms with Crippen molar-refractivity contribution < 1.29 is 14.7 Å². The van der Waals surface area contributed by atoms with E-state index in [4.69, 9.17) is 5.39 Å². The molecule has 0 bridgehead atoms. The van der Waals surface area contributed by atoms with Gasteiger partial charge in [-0.1, -0.05) is 36.4 Å². The summed E-state index contributed by atoms with van der Waals surface area (Å²) in [4.78, 5) is 26.6. The maximum absolute atomic E-state index is 11.9. The number of Topliss-reactive ketones (excluding diaryl/α,β-unsaturated/α-hetero) is 2. The van der Waals surface area contributed by atoms with Crippen molar-refractivity contribution in [1.29, 1.82) is 5.39 Å². The molecule has 5 heteroatoms. The highest BCUT2D eigenvalue weighted by Gasteiger charge is 2.27. The third-order valence-electron chi connectivity index (χ3n) is 3.13. The molecule has 0 aromatic heterocycles. The van der Waals surface area contributed by atoms with Crippen LogP contribution in [-0.4, -0.2) is 16.7 Å². The van der Waals surface area contributed by atoms with Crippen molar-refractivity contribution in [2.45, 2.75) is 32.1 Å². The van der Waals surface area contributed by atoms with Crippen molar-refractivity contribution in [1.82, 2.24) is 0 Å². The summed E-state index contributed by atoms with van der Waals surface area (Å²) in [6.07, 6.45) is 3.07. The van der Waals surface area contributed by atoms with Crippen LogP contribution >= 0.6 is 0 Å². The molecule has 5 nitrogen and oxygen atoms in total. The van der Waals surface area contributed by atoms with E-state index in [0.717, 1.165) is 0 Å². The predicted molar refractivity (Wildman–Crippen MR) is 83.8 cm³/mol. The summed E-state index contributed by atoms with van der Waals surface area (Å²) in [6.45, 7) is 3.55. The Morgan fingerprint density at radius 2 is 1.86 bits per heavy atom. The van der Waals surface area contributed by atoms with Gasteiger partial charge < -0.3 is 5.11 Å². The summed E-state index contributed by atoms with van der Waals surface area (Å²) in [5.74, 6) is -0.965. The Morgan fingerprint density at radius 3 is 2.45 bits per heavy atom. The van der Waals surface area contributed by atoms with Gasteiger partial charge in [-0.25, -0.2) is 0 Å². The number of hydrogen-bond donors (Lipinski definition) is 1. The van der Waals surface area contributed by atoms with Crippen LogP contribution < -0.4 is 0 Å². The monoisotopic (exact) mass is 299 g/mol. The molecule has 0 heterocycles. The molecular weight excluding hydrogens is 280 g/mol. The molecule has 0 unspecified atom stereocenters. The number of aliphatic hydroxyl groups excluding tert-OH is 1. The van der Waals surface area contributed by atoms with Gasteiger partial charge in [0, 0.05) is 24.8 Å². The summed E-state index contributed by atoms with van der Waals surface area (Å²) in [6, 6.07) is 8.67. The lowest BCUT2D eigenvalue weighted by Crippen LogP contribution is -2.05. The number of benzene rings is 1. The van der Waals surface area contributed by atoms with E-state index in [9.17, 15) is 14.7 Å². The molecule has 0 atom stereocenters. The average molecular weight is 299 g/mol. The number of nitrogens with zero attached hydrogens (tertiary/aromatic N) is 2. The van der Waals surface area contributed by atoms with Gasteiger partial charge in [0.2, 0.25) is 5.39 Å². The van der Waals surface area contributed by atoms with Crippen molar-refractivity contribution in [2.75, 3.05) is 0 Å². The van der Waals surface area contributed by atoms with Crippen LogP contribution in [0.25, 0.3) is 4.98 Å². The van der Waals surface area contributed by atoms with E-state index >= 15 is 0 Å². The predicted octanol–water partition coefficient (Wildman–Crippen LogP) is 4.20. The van der Waals surface area contributed by atoms with Crippen molar-refractivity contribution in [3.05, 3.63) is 65.0 Å². The lowest BCUT2D eigenvalue weighted by Gasteiger charge is -2.00. The maximum Gasteiger partial charge on any atom is 0.463 e. The largest absolute Gasteiger partial charge is 0.505 e. The summed E-state index contributed by atoms with van der Waals surface area (Å²) >= 11 is 0. The first-order valence-corrected chi connectivity index (χ1v) is 7.09. The van der Waals surface area contributed by atoms with E-state index in [1.807, 2.05) is 0 Å². The Labute approximate surface area is 129 Å². The molecule has 22 heavy (non-hydrogen) atoms. The fourth-order valence-corrected chi connectivity index (χ4v) is 1.92. The molecular formula is C17H19N2O3+. The Hall–Kier alpha value is -2.74. The Kier molecular flexibility index (Phi) is 7.27. The molecule has 0 aliphatic carbocycles. The number of ketones is 2. The van der Waals surface area contributed by atoms with Crippen LogP contribution in [0.3, 0.4) is 0 Å². The highest BCUT2D eigenvalue weighted by molar-refractivity contribution is 5.98. The van der Waals surface area contributed by atoms with Crippen LogP contribution in [0.1, 0.15) is 42.5 Å². The number of hydrogen-bond acceptors (Lipinski definition) is 4. The SMILES string of the molecule is C=CCCCC(=O)/C([N+]#N)=C(\O)CCC(=O)c1ccccc1. The minimum Gasteiger partial charge on any atom is -0.505 e. The molecule has 0 aliphatic rings. The first kappa shape index (κ1) is 17.3. The summed E-state index contributed by atoms with van der Waals surface area (Å²) in [5, 5.41) is 18.8. The van der Waals surface area contributed by atoms with E-state index in [1.54, 1.807) is 36.4 Å². The molecule has 0 saturated carbocycles. The van der Waals surface area contributed by atoms with Crippen LogP contribution in [0.2, 0.25) is 0 Å². The minimum atomic E-state index is -0.450. The van der Waals surface area contributed by atoms with E-state index in [0.29, 0.717) is 18.4 Å². The normalized spacial score (nSPS) is 11.2. The van der Waals surface area contributed by atoms with Crippen LogP contribution in [-0.2, 0) is 4.79 Å². The number of unbranched alkanes of at least 4 members (excludes halogenated alkanes) is 1. The minimum absolute atomic E-state index is 0.0365. The van der Waals surface area contributed by atoms with E-state index in [-0.39, 0.29) is 36.5 Å². The van der Waals surface area contributed by atoms with Crippen molar-refractivity contribution >= 4 is 11.6 Å². The Morgan fingerprint density at radius 1 is 1.18 bits per heavy atom. The number of carbonyl (C=O) groups is 2. The summed E-state index contributed by atoms with van der Waals surface area (Å²) < 4.78 is 0. The highest BCUT2D eigenvalue weighted by Crippen LogP contribution is 2.16. The second kappa shape index (κ2) is 9.24. The van der Waals surface area contributed by atoms with Gasteiger partial charge in [0.15, 0.2) is 16.5 Å². The summed E-state index contributed by atoms with van der Waals surface area (Å²) in [5.41, 5.74) is 0.167. The quantitative estimate of drug-likeness (QED) is 0.185. The topological polar surface area (TPSA) is 82.5 Å². The lowest BCUT2D eigenvalue weighted by atomic mass is 10.0. The number of allylic oxidation sites excluding steroid dienone is 3. The van der Waals surface area contributed by atoms with E-state index < -0.39 is 5.78 Å². The van der Waals surface area contributed by atoms with Gasteiger partial charge in [0.05, 0.1) is 0 Å². The second-order valence-electron chi connectivity index (χ2n) is 4.79. The standard InChI is InChI=1S/C17H18N2O3/c1-2-3-5-10-15(21)17(19-18)16(22)12-11-14(20)13-8-6-4-7-9-13/h2,4,6-9H,1,3,5,10-12H2/p+1. The number of rotatable bonds is 9. The molecule has 0 aliphatic heterocycles. The van der Waals surface area contributed by atoms with Gasteiger partial charge in [0.25, 0.3) is 5.78 Å². The zero-order valence-corrected chi connectivity index (χ0v) is 12.4. The molecule has 114 valence electrons. The molecule has 0 spiro atoms. The molecule has 1 rings (SSSR count). The van der Waals surface area contributed by atoms with Crippen molar-refractivity contribution in [2.24, 2.45) is 0 Å². The van der Waals surface area contributed by atoms with Gasteiger partial charge in [-0.05, 0) is 12.8 Å². The molecule has 1 aromatic carbocycles. The lowest BCUT2D eigenvalue weighted by molar-refractivity contribution is -0.115. The number of carbonyl (C=O) groups excluding carboxylic acids is 2. The van der Waals surface area contributed by atoms with Crippen molar-refractivity contribution in [3.63, 3.8) is 0 Å². The van der Waals surface area contributed by atoms with Crippen molar-refractivity contribution in [3.8, 4) is 0 Å². The van der Waals surface area contributed by atoms with E-state index in [2.05, 4.69) is 11.6 Å². The third-order valence-corrected chi connectivity index (χ3v) is 3.13. The molecule has 1 aromatic rings. The maximum atomic E-state index is 11.9. The number of aliphatic hydroxyl groups is 1. The summed E-state index contributed by atoms with van der Waals surface area (Å²) in [7, 11) is 0. The zero-order chi connectivity index (χ0) is 16.4. The van der Waals surface area contributed by atoms with Crippen LogP contribution in [0.4, 0.5) is 0 Å². The van der Waals surface area contributed by atoms with Crippen LogP contribution in [0.15, 0.2) is 54.4 Å². The molecule has 0 radical (unpaired) electrons. The first-order valence-electron chi connectivity index (χ1n) is 7.09. The van der Waals surface area contributed by atoms with Crippen LogP contribution in [0.5, 0.6) is 0 Å². The zero-order valence-electron chi connectivity index (χ0n) is 12.4. The molecule has 0 saturated heterocycles. The molecule has 0 fully saturated rings. The third kappa shape index (κ3) is 5.33. The Bertz CT molecular complexity index is 613. The number of diazo groups is 1. The second-order valence-corrected chi connectivity index (χ2v) is 4.79. The molecule has 1 N–H and O–H groups in total. The van der Waals surface area contributed by atoms with Gasteiger partial charge in [-0.2, -0.15) is 0 Å². The van der Waals surface area contributed by atoms with Gasteiger partial charge in [-0.15, -0.1) is 6.58 Å². The van der Waals surface area contributed by atoms with Gasteiger partial charge >= 0.3 is 5.70 Å². The molecule has 0 amide bonds. The van der Waals surface area contributed by atoms with Gasteiger partial charge in [-0.3, -0.25) is 9.59 Å². The first-order chi connectivity index (χ1) is 10.6. The fraction of sp³-hybridized carbons (Fsp3) is 0.294. The smallest absolute Gasteiger partial charge is 0.463 e. The van der Waals surface area contributed by atoms with Gasteiger partial charge in [0.1, 0.15) is 0 Å². The Balaban J connectivity index is 2.65. The van der Waals surface area contributed by atoms with Crippen LogP contribution in [0, 0.1) is 5.39 Å². The average Bonchev–Trinajstić information content (AvgIpc) is 2.54. The fourth-order valence-electron chi connectivity index (χ4n) is 1.92. The highest BCUT2D eigenvalue weighted by atomic mass is 16.3. The van der Waals surface area contributed by atoms with E-state index in [1.165, 1.54) is 0 Å².